The third-order valence-electron chi connectivity index (χ3n) is 2.71. The predicted molar refractivity (Wildman–Crippen MR) is 46.4 cm³/mol. The van der Waals surface area contributed by atoms with Crippen LogP contribution in [-0.4, -0.2) is 34.5 Å². The zero-order valence-electron chi connectivity index (χ0n) is 7.99. The predicted octanol–water partition coefficient (Wildman–Crippen LogP) is 0.637. The summed E-state index contributed by atoms with van der Waals surface area (Å²) in [5, 5.41) is 18.5. The molecule has 0 aliphatic carbocycles. The van der Waals surface area contributed by atoms with Gasteiger partial charge >= 0.3 is 5.97 Å². The van der Waals surface area contributed by atoms with E-state index in [1.165, 1.54) is 6.92 Å². The fourth-order valence-electron chi connectivity index (χ4n) is 1.68. The lowest BCUT2D eigenvalue weighted by molar-refractivity contribution is -0.168. The van der Waals surface area contributed by atoms with Gasteiger partial charge in [-0.25, -0.2) is 4.79 Å². The van der Waals surface area contributed by atoms with Crippen LogP contribution in [0.4, 0.5) is 0 Å². The molecule has 76 valence electrons. The maximum Gasteiger partial charge on any atom is 0.335 e. The third kappa shape index (κ3) is 2.19. The second-order valence-corrected chi connectivity index (χ2v) is 3.86. The molecule has 0 aromatic heterocycles. The van der Waals surface area contributed by atoms with Gasteiger partial charge in [0.05, 0.1) is 6.10 Å². The van der Waals surface area contributed by atoms with Crippen LogP contribution >= 0.6 is 0 Å². The largest absolute Gasteiger partial charge is 0.479 e. The maximum atomic E-state index is 10.7. The number of hydrogen-bond acceptors (Lipinski definition) is 3. The number of carbonyl (C=O) groups is 1. The summed E-state index contributed by atoms with van der Waals surface area (Å²) in [7, 11) is 0. The van der Waals surface area contributed by atoms with Crippen LogP contribution in [-0.2, 0) is 9.53 Å². The van der Waals surface area contributed by atoms with Crippen LogP contribution in [0.5, 0.6) is 0 Å². The minimum atomic E-state index is -1.61. The number of hydrogen-bond donors (Lipinski definition) is 2. The second-order valence-electron chi connectivity index (χ2n) is 3.86. The highest BCUT2D eigenvalue weighted by Crippen LogP contribution is 2.30. The molecule has 0 aromatic rings. The van der Waals surface area contributed by atoms with Gasteiger partial charge < -0.3 is 14.9 Å². The highest BCUT2D eigenvalue weighted by molar-refractivity contribution is 5.76. The third-order valence-corrected chi connectivity index (χ3v) is 2.71. The fourth-order valence-corrected chi connectivity index (χ4v) is 1.68. The Morgan fingerprint density at radius 1 is 1.62 bits per heavy atom. The van der Waals surface area contributed by atoms with Gasteiger partial charge in [-0.05, 0) is 26.7 Å². The van der Waals surface area contributed by atoms with E-state index in [2.05, 4.69) is 0 Å². The quantitative estimate of drug-likeness (QED) is 0.667. The molecule has 0 aromatic carbocycles. The standard InChI is InChI=1S/C9H16O4/c1-6-5-7(3-4-13-6)9(2,12)8(10)11/h6-7,12H,3-5H2,1-2H3,(H,10,11). The zero-order chi connectivity index (χ0) is 10.1. The molecular weight excluding hydrogens is 172 g/mol. The minimum absolute atomic E-state index is 0.0459. The molecule has 1 aliphatic rings. The van der Waals surface area contributed by atoms with Gasteiger partial charge in [-0.15, -0.1) is 0 Å². The van der Waals surface area contributed by atoms with Gasteiger partial charge in [0, 0.05) is 12.5 Å². The Kier molecular flexibility index (Phi) is 2.93. The van der Waals surface area contributed by atoms with E-state index in [1.807, 2.05) is 6.92 Å². The number of aliphatic carboxylic acids is 1. The van der Waals surface area contributed by atoms with Crippen molar-refractivity contribution < 1.29 is 19.7 Å². The van der Waals surface area contributed by atoms with Gasteiger partial charge in [-0.1, -0.05) is 0 Å². The molecule has 1 aliphatic heterocycles. The van der Waals surface area contributed by atoms with Gasteiger partial charge in [0.25, 0.3) is 0 Å². The highest BCUT2D eigenvalue weighted by Gasteiger charge is 2.41. The van der Waals surface area contributed by atoms with E-state index in [-0.39, 0.29) is 12.0 Å². The summed E-state index contributed by atoms with van der Waals surface area (Å²) in [5.74, 6) is -1.35. The second kappa shape index (κ2) is 3.64. The first-order valence-corrected chi connectivity index (χ1v) is 4.52. The van der Waals surface area contributed by atoms with Gasteiger partial charge in [0.2, 0.25) is 0 Å². The first-order chi connectivity index (χ1) is 5.94. The van der Waals surface area contributed by atoms with Gasteiger partial charge in [0.15, 0.2) is 5.60 Å². The SMILES string of the molecule is CC1CC(C(C)(O)C(=O)O)CCO1. The van der Waals surface area contributed by atoms with Crippen molar-refractivity contribution in [2.45, 2.75) is 38.4 Å². The van der Waals surface area contributed by atoms with E-state index in [4.69, 9.17) is 9.84 Å². The molecule has 13 heavy (non-hydrogen) atoms. The molecule has 0 bridgehead atoms. The number of ether oxygens (including phenoxy) is 1. The molecule has 4 heteroatoms. The van der Waals surface area contributed by atoms with Crippen LogP contribution in [0.1, 0.15) is 26.7 Å². The van der Waals surface area contributed by atoms with Crippen molar-refractivity contribution in [1.29, 1.82) is 0 Å². The number of aliphatic hydroxyl groups is 1. The molecule has 1 saturated heterocycles. The number of rotatable bonds is 2. The van der Waals surface area contributed by atoms with E-state index >= 15 is 0 Å². The van der Waals surface area contributed by atoms with Gasteiger partial charge in [-0.3, -0.25) is 0 Å². The lowest BCUT2D eigenvalue weighted by atomic mass is 9.81. The van der Waals surface area contributed by atoms with Crippen molar-refractivity contribution in [3.05, 3.63) is 0 Å². The number of carboxylic acids is 1. The van der Waals surface area contributed by atoms with Crippen LogP contribution in [0.25, 0.3) is 0 Å². The maximum absolute atomic E-state index is 10.7. The van der Waals surface area contributed by atoms with Crippen molar-refractivity contribution in [3.63, 3.8) is 0 Å². The van der Waals surface area contributed by atoms with Crippen molar-refractivity contribution in [3.8, 4) is 0 Å². The minimum Gasteiger partial charge on any atom is -0.479 e. The lowest BCUT2D eigenvalue weighted by Gasteiger charge is -2.34. The molecule has 2 N–H and O–H groups in total. The Bertz CT molecular complexity index is 200. The van der Waals surface area contributed by atoms with Crippen LogP contribution in [0, 0.1) is 5.92 Å². The van der Waals surface area contributed by atoms with E-state index in [0.29, 0.717) is 19.4 Å². The van der Waals surface area contributed by atoms with Crippen molar-refractivity contribution in [2.24, 2.45) is 5.92 Å². The highest BCUT2D eigenvalue weighted by atomic mass is 16.5. The van der Waals surface area contributed by atoms with Crippen molar-refractivity contribution in [1.82, 2.24) is 0 Å². The number of carboxylic acid groups (broad SMARTS) is 1. The summed E-state index contributed by atoms with van der Waals surface area (Å²) in [5.41, 5.74) is -1.61. The monoisotopic (exact) mass is 188 g/mol. The average molecular weight is 188 g/mol. The van der Waals surface area contributed by atoms with Crippen LogP contribution in [0.3, 0.4) is 0 Å². The van der Waals surface area contributed by atoms with Crippen molar-refractivity contribution in [2.75, 3.05) is 6.61 Å². The summed E-state index contributed by atoms with van der Waals surface area (Å²) in [6.45, 7) is 3.79. The van der Waals surface area contributed by atoms with Gasteiger partial charge in [-0.2, -0.15) is 0 Å². The molecule has 0 spiro atoms. The molecule has 1 rings (SSSR count). The Balaban J connectivity index is 2.64. The van der Waals surface area contributed by atoms with Crippen LogP contribution in [0.15, 0.2) is 0 Å². The summed E-state index contributed by atoms with van der Waals surface area (Å²) in [6.07, 6.45) is 1.27. The molecule has 3 atom stereocenters. The summed E-state index contributed by atoms with van der Waals surface area (Å²) in [6, 6.07) is 0. The van der Waals surface area contributed by atoms with E-state index in [0.717, 1.165) is 0 Å². The first-order valence-electron chi connectivity index (χ1n) is 4.52. The molecule has 0 radical (unpaired) electrons. The van der Waals surface area contributed by atoms with E-state index < -0.39 is 11.6 Å². The molecule has 3 unspecified atom stereocenters. The Labute approximate surface area is 77.5 Å². The Morgan fingerprint density at radius 3 is 2.69 bits per heavy atom. The lowest BCUT2D eigenvalue weighted by Crippen LogP contribution is -2.46. The molecule has 1 heterocycles. The first kappa shape index (κ1) is 10.5. The molecule has 4 nitrogen and oxygen atoms in total. The fraction of sp³-hybridized carbons (Fsp3) is 0.889. The van der Waals surface area contributed by atoms with Gasteiger partial charge in [0.1, 0.15) is 0 Å². The Morgan fingerprint density at radius 2 is 2.23 bits per heavy atom. The molecule has 0 saturated carbocycles. The summed E-state index contributed by atoms with van der Waals surface area (Å²) < 4.78 is 5.28. The van der Waals surface area contributed by atoms with Crippen molar-refractivity contribution >= 4 is 5.97 Å². The van der Waals surface area contributed by atoms with Crippen LogP contribution in [0.2, 0.25) is 0 Å². The smallest absolute Gasteiger partial charge is 0.335 e. The normalized spacial score (nSPS) is 33.8. The van der Waals surface area contributed by atoms with Crippen LogP contribution < -0.4 is 0 Å². The molecular formula is C9H16O4. The summed E-state index contributed by atoms with van der Waals surface area (Å²) in [4.78, 5) is 10.7. The van der Waals surface area contributed by atoms with E-state index in [1.54, 1.807) is 0 Å². The zero-order valence-corrected chi connectivity index (χ0v) is 7.99. The Hall–Kier alpha value is -0.610. The van der Waals surface area contributed by atoms with E-state index in [9.17, 15) is 9.90 Å². The molecule has 0 amide bonds. The topological polar surface area (TPSA) is 66.8 Å². The molecule has 1 fully saturated rings. The summed E-state index contributed by atoms with van der Waals surface area (Å²) >= 11 is 0. The average Bonchev–Trinajstić information content (AvgIpc) is 2.04.